The second-order valence-corrected chi connectivity index (χ2v) is 5.19. The van der Waals surface area contributed by atoms with Gasteiger partial charge < -0.3 is 5.32 Å². The minimum Gasteiger partial charge on any atom is -0.311 e. The van der Waals surface area contributed by atoms with Crippen molar-refractivity contribution in [3.63, 3.8) is 0 Å². The Morgan fingerprint density at radius 1 is 1.29 bits per heavy atom. The maximum Gasteiger partial charge on any atom is 0.164 e. The molecule has 1 aliphatic rings. The van der Waals surface area contributed by atoms with Gasteiger partial charge in [0.05, 0.1) is 0 Å². The SMILES string of the molecule is Cc1ccc(C(=O)CC2CCCC(C)N2)cc1. The summed E-state index contributed by atoms with van der Waals surface area (Å²) in [5, 5.41) is 3.51. The van der Waals surface area contributed by atoms with Crippen molar-refractivity contribution in [3.05, 3.63) is 35.4 Å². The van der Waals surface area contributed by atoms with Crippen LogP contribution in [0.1, 0.15) is 48.5 Å². The lowest BCUT2D eigenvalue weighted by Crippen LogP contribution is -2.41. The standard InChI is InChI=1S/C15H21NO/c1-11-6-8-13(9-7-11)15(17)10-14-5-3-4-12(2)16-14/h6-9,12,14,16H,3-5,10H2,1-2H3. The van der Waals surface area contributed by atoms with E-state index in [4.69, 9.17) is 0 Å². The molecule has 2 nitrogen and oxygen atoms in total. The topological polar surface area (TPSA) is 29.1 Å². The smallest absolute Gasteiger partial charge is 0.164 e. The van der Waals surface area contributed by atoms with Crippen molar-refractivity contribution in [3.8, 4) is 0 Å². The first-order valence-corrected chi connectivity index (χ1v) is 6.51. The molecular weight excluding hydrogens is 210 g/mol. The number of benzene rings is 1. The lowest BCUT2D eigenvalue weighted by Gasteiger charge is -2.28. The first kappa shape index (κ1) is 12.3. The summed E-state index contributed by atoms with van der Waals surface area (Å²) >= 11 is 0. The highest BCUT2D eigenvalue weighted by molar-refractivity contribution is 5.96. The van der Waals surface area contributed by atoms with Crippen molar-refractivity contribution in [2.24, 2.45) is 0 Å². The van der Waals surface area contributed by atoms with Crippen LogP contribution in [0, 0.1) is 6.92 Å². The number of nitrogens with one attached hydrogen (secondary N) is 1. The Balaban J connectivity index is 1.94. The molecule has 1 saturated heterocycles. The molecule has 1 heterocycles. The molecule has 2 unspecified atom stereocenters. The van der Waals surface area contributed by atoms with Crippen molar-refractivity contribution in [2.75, 3.05) is 0 Å². The van der Waals surface area contributed by atoms with Crippen LogP contribution in [0.2, 0.25) is 0 Å². The van der Waals surface area contributed by atoms with Crippen LogP contribution in [0.5, 0.6) is 0 Å². The minimum absolute atomic E-state index is 0.261. The van der Waals surface area contributed by atoms with Crippen LogP contribution in [-0.4, -0.2) is 17.9 Å². The van der Waals surface area contributed by atoms with Crippen LogP contribution in [0.15, 0.2) is 24.3 Å². The maximum atomic E-state index is 12.1. The van der Waals surface area contributed by atoms with Gasteiger partial charge in [0.15, 0.2) is 5.78 Å². The van der Waals surface area contributed by atoms with Crippen molar-refractivity contribution in [2.45, 2.75) is 51.6 Å². The molecule has 0 aromatic heterocycles. The van der Waals surface area contributed by atoms with E-state index in [2.05, 4.69) is 12.2 Å². The number of piperidine rings is 1. The summed E-state index contributed by atoms with van der Waals surface area (Å²) in [6, 6.07) is 8.80. The molecule has 1 aliphatic heterocycles. The van der Waals surface area contributed by atoms with Gasteiger partial charge in [-0.1, -0.05) is 36.2 Å². The van der Waals surface area contributed by atoms with Gasteiger partial charge in [0.25, 0.3) is 0 Å². The summed E-state index contributed by atoms with van der Waals surface area (Å²) in [5.41, 5.74) is 2.04. The van der Waals surface area contributed by atoms with Gasteiger partial charge in [0.2, 0.25) is 0 Å². The van der Waals surface area contributed by atoms with Crippen LogP contribution < -0.4 is 5.32 Å². The molecule has 92 valence electrons. The third-order valence-corrected chi connectivity index (χ3v) is 3.52. The normalized spacial score (nSPS) is 24.6. The van der Waals surface area contributed by atoms with E-state index >= 15 is 0 Å². The van der Waals surface area contributed by atoms with Crippen LogP contribution in [-0.2, 0) is 0 Å². The predicted octanol–water partition coefficient (Wildman–Crippen LogP) is 3.10. The highest BCUT2D eigenvalue weighted by Crippen LogP contribution is 2.17. The number of Topliss-reactive ketones (excluding diaryl/α,β-unsaturated/α-hetero) is 1. The van der Waals surface area contributed by atoms with E-state index < -0.39 is 0 Å². The Labute approximate surface area is 103 Å². The number of hydrogen-bond acceptors (Lipinski definition) is 2. The summed E-state index contributed by atoms with van der Waals surface area (Å²) in [5.74, 6) is 0.261. The molecule has 0 spiro atoms. The van der Waals surface area contributed by atoms with Crippen molar-refractivity contribution >= 4 is 5.78 Å². The Hall–Kier alpha value is -1.15. The second-order valence-electron chi connectivity index (χ2n) is 5.19. The largest absolute Gasteiger partial charge is 0.311 e. The van der Waals surface area contributed by atoms with Gasteiger partial charge in [0, 0.05) is 24.1 Å². The van der Waals surface area contributed by atoms with E-state index in [1.807, 2.05) is 31.2 Å². The molecule has 2 heteroatoms. The van der Waals surface area contributed by atoms with E-state index in [0.717, 1.165) is 12.0 Å². The van der Waals surface area contributed by atoms with Gasteiger partial charge in [-0.15, -0.1) is 0 Å². The van der Waals surface area contributed by atoms with E-state index in [-0.39, 0.29) is 5.78 Å². The maximum absolute atomic E-state index is 12.1. The first-order chi connectivity index (χ1) is 8.15. The van der Waals surface area contributed by atoms with Gasteiger partial charge in [-0.2, -0.15) is 0 Å². The fraction of sp³-hybridized carbons (Fsp3) is 0.533. The Morgan fingerprint density at radius 3 is 2.65 bits per heavy atom. The molecule has 0 bridgehead atoms. The lowest BCUT2D eigenvalue weighted by molar-refractivity contribution is 0.0960. The zero-order valence-corrected chi connectivity index (χ0v) is 10.7. The summed E-state index contributed by atoms with van der Waals surface area (Å²) < 4.78 is 0. The molecule has 0 aliphatic carbocycles. The Morgan fingerprint density at radius 2 is 2.00 bits per heavy atom. The van der Waals surface area contributed by atoms with E-state index in [1.165, 1.54) is 18.4 Å². The lowest BCUT2D eigenvalue weighted by atomic mass is 9.94. The van der Waals surface area contributed by atoms with Crippen LogP contribution in [0.3, 0.4) is 0 Å². The molecule has 1 aromatic rings. The molecule has 1 aromatic carbocycles. The fourth-order valence-electron chi connectivity index (χ4n) is 2.48. The van der Waals surface area contributed by atoms with Crippen LogP contribution in [0.4, 0.5) is 0 Å². The molecule has 0 saturated carbocycles. The summed E-state index contributed by atoms with van der Waals surface area (Å²) in [6.45, 7) is 4.24. The third-order valence-electron chi connectivity index (χ3n) is 3.52. The fourth-order valence-corrected chi connectivity index (χ4v) is 2.48. The number of rotatable bonds is 3. The summed E-state index contributed by atoms with van der Waals surface area (Å²) in [6.07, 6.45) is 4.23. The van der Waals surface area contributed by atoms with Crippen molar-refractivity contribution in [1.82, 2.24) is 5.32 Å². The number of aryl methyl sites for hydroxylation is 1. The van der Waals surface area contributed by atoms with E-state index in [1.54, 1.807) is 0 Å². The van der Waals surface area contributed by atoms with Crippen LogP contribution in [0.25, 0.3) is 0 Å². The molecule has 0 radical (unpaired) electrons. The molecular formula is C15H21NO. The number of ketones is 1. The zero-order chi connectivity index (χ0) is 12.3. The van der Waals surface area contributed by atoms with Crippen molar-refractivity contribution < 1.29 is 4.79 Å². The predicted molar refractivity (Wildman–Crippen MR) is 70.4 cm³/mol. The minimum atomic E-state index is 0.261. The number of carbonyl (C=O) groups is 1. The summed E-state index contributed by atoms with van der Waals surface area (Å²) in [7, 11) is 0. The quantitative estimate of drug-likeness (QED) is 0.810. The average Bonchev–Trinajstić information content (AvgIpc) is 2.29. The van der Waals surface area contributed by atoms with E-state index in [0.29, 0.717) is 18.5 Å². The molecule has 17 heavy (non-hydrogen) atoms. The van der Waals surface area contributed by atoms with Gasteiger partial charge >= 0.3 is 0 Å². The van der Waals surface area contributed by atoms with Gasteiger partial charge in [0.1, 0.15) is 0 Å². The van der Waals surface area contributed by atoms with Gasteiger partial charge in [-0.3, -0.25) is 4.79 Å². The highest BCUT2D eigenvalue weighted by Gasteiger charge is 2.20. The number of carbonyl (C=O) groups excluding carboxylic acids is 1. The summed E-state index contributed by atoms with van der Waals surface area (Å²) in [4.78, 5) is 12.1. The molecule has 0 amide bonds. The van der Waals surface area contributed by atoms with Gasteiger partial charge in [-0.25, -0.2) is 0 Å². The average molecular weight is 231 g/mol. The molecule has 2 atom stereocenters. The molecule has 1 N–H and O–H groups in total. The van der Waals surface area contributed by atoms with Crippen LogP contribution >= 0.6 is 0 Å². The third kappa shape index (κ3) is 3.40. The van der Waals surface area contributed by atoms with Crippen molar-refractivity contribution in [1.29, 1.82) is 0 Å². The van der Waals surface area contributed by atoms with Gasteiger partial charge in [-0.05, 0) is 26.7 Å². The monoisotopic (exact) mass is 231 g/mol. The second kappa shape index (κ2) is 5.46. The number of hydrogen-bond donors (Lipinski definition) is 1. The Bertz CT molecular complexity index is 382. The first-order valence-electron chi connectivity index (χ1n) is 6.51. The highest BCUT2D eigenvalue weighted by atomic mass is 16.1. The molecule has 1 fully saturated rings. The molecule has 2 rings (SSSR count). The zero-order valence-electron chi connectivity index (χ0n) is 10.7. The van der Waals surface area contributed by atoms with E-state index in [9.17, 15) is 4.79 Å². The Kier molecular flexibility index (Phi) is 3.95.